The number of hydrazone groups is 1. The van der Waals surface area contributed by atoms with Crippen molar-refractivity contribution in [1.82, 2.24) is 10.4 Å². The molecule has 6 heteroatoms. The van der Waals surface area contributed by atoms with E-state index in [-0.39, 0.29) is 5.91 Å². The normalized spacial score (nSPS) is 16.4. The summed E-state index contributed by atoms with van der Waals surface area (Å²) in [5.74, 6) is 0.240. The maximum absolute atomic E-state index is 11.8. The predicted octanol–water partition coefficient (Wildman–Crippen LogP) is 3.60. The third kappa shape index (κ3) is 3.71. The van der Waals surface area contributed by atoms with Crippen molar-refractivity contribution < 1.29 is 4.79 Å². The highest BCUT2D eigenvalue weighted by molar-refractivity contribution is 8.01. The topological polar surface area (TPSA) is 54.4 Å². The van der Waals surface area contributed by atoms with Gasteiger partial charge in [0.1, 0.15) is 0 Å². The number of carbonyl (C=O) groups excluding carboxylic acids is 1. The summed E-state index contributed by atoms with van der Waals surface area (Å²) in [5, 5.41) is 4.14. The lowest BCUT2D eigenvalue weighted by molar-refractivity contribution is -0.118. The molecule has 4 nitrogen and oxygen atoms in total. The Balaban J connectivity index is 1.54. The molecule has 0 aliphatic heterocycles. The fourth-order valence-corrected chi connectivity index (χ4v) is 3.91. The second-order valence-electron chi connectivity index (χ2n) is 4.86. The van der Waals surface area contributed by atoms with E-state index in [9.17, 15) is 4.79 Å². The lowest BCUT2D eigenvalue weighted by Gasteiger charge is -1.98. The van der Waals surface area contributed by atoms with Crippen LogP contribution >= 0.6 is 23.1 Å². The molecule has 0 spiro atoms. The Morgan fingerprint density at radius 1 is 1.43 bits per heavy atom. The minimum Gasteiger partial charge on any atom is -0.272 e. The molecule has 0 fully saturated rings. The van der Waals surface area contributed by atoms with Crippen LogP contribution in [-0.2, 0) is 4.79 Å². The molecule has 1 aliphatic rings. The van der Waals surface area contributed by atoms with Gasteiger partial charge in [0.15, 0.2) is 4.34 Å². The lowest BCUT2D eigenvalue weighted by Crippen LogP contribution is -2.20. The molecule has 3 rings (SSSR count). The molecule has 0 saturated heterocycles. The highest BCUT2D eigenvalue weighted by atomic mass is 32.2. The van der Waals surface area contributed by atoms with Gasteiger partial charge in [-0.3, -0.25) is 4.79 Å². The van der Waals surface area contributed by atoms with Crippen molar-refractivity contribution in [3.63, 3.8) is 0 Å². The molecule has 0 radical (unpaired) electrons. The number of para-hydroxylation sites is 1. The largest absolute Gasteiger partial charge is 0.272 e. The molecule has 1 aromatic heterocycles. The molecular formula is C15H15N3OS2. The van der Waals surface area contributed by atoms with Gasteiger partial charge < -0.3 is 0 Å². The number of thiazole rings is 1. The van der Waals surface area contributed by atoms with Gasteiger partial charge in [0.25, 0.3) is 5.91 Å². The molecule has 0 bridgehead atoms. The molecule has 1 aliphatic carbocycles. The van der Waals surface area contributed by atoms with Gasteiger partial charge in [0, 0.05) is 0 Å². The fourth-order valence-electron chi connectivity index (χ4n) is 2.05. The van der Waals surface area contributed by atoms with E-state index in [1.807, 2.05) is 30.3 Å². The number of carbonyl (C=O) groups is 1. The number of benzene rings is 1. The Hall–Kier alpha value is -1.66. The van der Waals surface area contributed by atoms with Crippen LogP contribution in [0.1, 0.15) is 19.8 Å². The number of nitrogens with zero attached hydrogens (tertiary/aromatic N) is 2. The number of fused-ring (bicyclic) bond motifs is 1. The van der Waals surface area contributed by atoms with E-state index in [4.69, 9.17) is 0 Å². The number of allylic oxidation sites excluding steroid dienone is 2. The summed E-state index contributed by atoms with van der Waals surface area (Å²) in [5.41, 5.74) is 5.85. The maximum Gasteiger partial charge on any atom is 0.250 e. The summed E-state index contributed by atoms with van der Waals surface area (Å²) < 4.78 is 2.06. The second kappa shape index (κ2) is 6.41. The first-order chi connectivity index (χ1) is 10.2. The highest BCUT2D eigenvalue weighted by Crippen LogP contribution is 2.29. The molecule has 2 aromatic rings. The van der Waals surface area contributed by atoms with E-state index >= 15 is 0 Å². The van der Waals surface area contributed by atoms with Gasteiger partial charge >= 0.3 is 0 Å². The van der Waals surface area contributed by atoms with Crippen molar-refractivity contribution in [2.24, 2.45) is 5.10 Å². The number of thioether (sulfide) groups is 1. The molecule has 21 heavy (non-hydrogen) atoms. The highest BCUT2D eigenvalue weighted by Gasteiger charge is 2.09. The molecular weight excluding hydrogens is 302 g/mol. The van der Waals surface area contributed by atoms with Crippen molar-refractivity contribution >= 4 is 44.9 Å². The van der Waals surface area contributed by atoms with Gasteiger partial charge in [-0.1, -0.05) is 29.5 Å². The smallest absolute Gasteiger partial charge is 0.250 e. The first-order valence-electron chi connectivity index (χ1n) is 6.71. The molecule has 108 valence electrons. The first kappa shape index (κ1) is 14.3. The zero-order chi connectivity index (χ0) is 14.7. The van der Waals surface area contributed by atoms with Crippen molar-refractivity contribution in [3.05, 3.63) is 35.9 Å². The van der Waals surface area contributed by atoms with Crippen LogP contribution in [0.5, 0.6) is 0 Å². The minimum atomic E-state index is -0.0929. The number of hydrogen-bond acceptors (Lipinski definition) is 5. The summed E-state index contributed by atoms with van der Waals surface area (Å²) in [4.78, 5) is 16.3. The number of aromatic nitrogens is 1. The van der Waals surface area contributed by atoms with Crippen molar-refractivity contribution in [2.75, 3.05) is 5.75 Å². The van der Waals surface area contributed by atoms with Crippen LogP contribution < -0.4 is 5.43 Å². The number of nitrogens with one attached hydrogen (secondary N) is 1. The van der Waals surface area contributed by atoms with Gasteiger partial charge in [-0.05, 0) is 38.0 Å². The Morgan fingerprint density at radius 3 is 3.05 bits per heavy atom. The third-order valence-corrected chi connectivity index (χ3v) is 5.29. The number of amides is 1. The number of rotatable bonds is 4. The van der Waals surface area contributed by atoms with Gasteiger partial charge in [-0.2, -0.15) is 5.10 Å². The third-order valence-electron chi connectivity index (χ3n) is 3.11. The van der Waals surface area contributed by atoms with E-state index < -0.39 is 0 Å². The first-order valence-corrected chi connectivity index (χ1v) is 8.52. The van der Waals surface area contributed by atoms with Crippen LogP contribution in [0.4, 0.5) is 0 Å². The monoisotopic (exact) mass is 317 g/mol. The summed E-state index contributed by atoms with van der Waals surface area (Å²) in [6, 6.07) is 7.99. The predicted molar refractivity (Wildman–Crippen MR) is 88.9 cm³/mol. The fraction of sp³-hybridized carbons (Fsp3) is 0.267. The Labute approximate surface area is 131 Å². The molecule has 0 atom stereocenters. The van der Waals surface area contributed by atoms with Gasteiger partial charge in [-0.15, -0.1) is 11.3 Å². The van der Waals surface area contributed by atoms with Gasteiger partial charge in [0.2, 0.25) is 0 Å². The quantitative estimate of drug-likeness (QED) is 0.692. The summed E-state index contributed by atoms with van der Waals surface area (Å²) >= 11 is 3.06. The van der Waals surface area contributed by atoms with Crippen LogP contribution in [-0.4, -0.2) is 22.4 Å². The van der Waals surface area contributed by atoms with E-state index in [0.29, 0.717) is 5.75 Å². The van der Waals surface area contributed by atoms with Gasteiger partial charge in [-0.25, -0.2) is 10.4 Å². The van der Waals surface area contributed by atoms with Crippen LogP contribution in [0.3, 0.4) is 0 Å². The molecule has 1 N–H and O–H groups in total. The molecule has 1 amide bonds. The van der Waals surface area contributed by atoms with Crippen molar-refractivity contribution in [1.29, 1.82) is 0 Å². The molecule has 1 aromatic carbocycles. The zero-order valence-corrected chi connectivity index (χ0v) is 13.3. The number of hydrogen-bond donors (Lipinski definition) is 1. The van der Waals surface area contributed by atoms with E-state index in [0.717, 1.165) is 33.1 Å². The van der Waals surface area contributed by atoms with Crippen molar-refractivity contribution in [3.8, 4) is 0 Å². The minimum absolute atomic E-state index is 0.0929. The summed E-state index contributed by atoms with van der Waals surface area (Å²) in [6.07, 6.45) is 3.98. The van der Waals surface area contributed by atoms with E-state index in [1.54, 1.807) is 11.3 Å². The van der Waals surface area contributed by atoms with Crippen LogP contribution in [0.15, 0.2) is 45.4 Å². The Bertz CT molecular complexity index is 700. The van der Waals surface area contributed by atoms with E-state index in [2.05, 4.69) is 22.4 Å². The maximum atomic E-state index is 11.8. The SMILES string of the molecule is CC1=C/C(=N\NC(=O)CSc2nc3ccccc3s2)CC1. The van der Waals surface area contributed by atoms with Crippen LogP contribution in [0.25, 0.3) is 10.2 Å². The molecule has 0 unspecified atom stereocenters. The second-order valence-corrected chi connectivity index (χ2v) is 7.12. The average Bonchev–Trinajstić information content (AvgIpc) is 3.08. The Morgan fingerprint density at radius 2 is 2.29 bits per heavy atom. The zero-order valence-electron chi connectivity index (χ0n) is 11.6. The van der Waals surface area contributed by atoms with Crippen LogP contribution in [0.2, 0.25) is 0 Å². The summed E-state index contributed by atoms with van der Waals surface area (Å²) in [6.45, 7) is 2.08. The van der Waals surface area contributed by atoms with Crippen LogP contribution in [0, 0.1) is 0 Å². The lowest BCUT2D eigenvalue weighted by atomic mass is 10.3. The van der Waals surface area contributed by atoms with Crippen molar-refractivity contribution in [2.45, 2.75) is 24.1 Å². The van der Waals surface area contributed by atoms with Gasteiger partial charge in [0.05, 0.1) is 21.7 Å². The standard InChI is InChI=1S/C15H15N3OS2/c1-10-6-7-11(8-10)17-18-14(19)9-20-15-16-12-4-2-3-5-13(12)21-15/h2-5,8H,6-7,9H2,1H3,(H,18,19)/b17-11-. The molecule has 1 heterocycles. The molecule has 0 saturated carbocycles. The van der Waals surface area contributed by atoms with E-state index in [1.165, 1.54) is 17.3 Å². The summed E-state index contributed by atoms with van der Waals surface area (Å²) in [7, 11) is 0. The Kier molecular flexibility index (Phi) is 4.36. The average molecular weight is 317 g/mol.